The normalized spacial score (nSPS) is 10.0. The van der Waals surface area contributed by atoms with Gasteiger partial charge in [0.2, 0.25) is 0 Å². The molecule has 4 heteroatoms. The highest BCUT2D eigenvalue weighted by atomic mass is 35.5. The van der Waals surface area contributed by atoms with Crippen LogP contribution in [0.4, 0.5) is 13.5 Å². The van der Waals surface area contributed by atoms with E-state index in [1.165, 1.54) is 0 Å². The highest BCUT2D eigenvalue weighted by molar-refractivity contribution is 6.21. The molecule has 0 aliphatic heterocycles. The van der Waals surface area contributed by atoms with Gasteiger partial charge in [0, 0.05) is 6.92 Å². The van der Waals surface area contributed by atoms with E-state index in [4.69, 9.17) is 0 Å². The molecule has 0 heterocycles. The smallest absolute Gasteiger partial charge is 0.269 e. The lowest BCUT2D eigenvalue weighted by atomic mass is 10.9. The van der Waals surface area contributed by atoms with Crippen LogP contribution < -0.4 is 0 Å². The molecule has 0 rings (SSSR count). The first kappa shape index (κ1) is 9.43. The number of hydrogen-bond acceptors (Lipinski definition) is 0. The monoisotopic (exact) mass is 120 g/mol. The highest BCUT2D eigenvalue weighted by Crippen LogP contribution is 2.15. The number of hydrogen-bond donors (Lipinski definition) is 0. The van der Waals surface area contributed by atoms with Gasteiger partial charge in [0.05, 0.1) is 0 Å². The molecule has 0 N–H and O–H groups in total. The molecule has 0 aromatic carbocycles. The Balaban J connectivity index is 0. The molecule has 0 bridgehead atoms. The van der Waals surface area contributed by atoms with Gasteiger partial charge in [-0.05, 0) is 11.6 Å². The zero-order valence-electron chi connectivity index (χ0n) is 3.04. The van der Waals surface area contributed by atoms with Crippen molar-refractivity contribution in [3.05, 3.63) is 0 Å². The fraction of sp³-hybridized carbons (Fsp3) is 1.00. The average Bonchev–Trinajstić information content (AvgIpc) is 0.722. The van der Waals surface area contributed by atoms with E-state index in [-0.39, 0.29) is 4.70 Å². The predicted octanol–water partition coefficient (Wildman–Crippen LogP) is 1.99. The molecule has 0 aromatic heterocycles. The first-order valence-corrected chi connectivity index (χ1v) is 1.44. The molecular formula is C2H4ClF3. The Kier molecular flexibility index (Phi) is 3.59. The molecule has 0 radical (unpaired) electrons. The van der Waals surface area contributed by atoms with Gasteiger partial charge in [-0.1, -0.05) is 0 Å². The van der Waals surface area contributed by atoms with Crippen molar-refractivity contribution in [2.45, 2.75) is 12.3 Å². The van der Waals surface area contributed by atoms with Gasteiger partial charge in [0.1, 0.15) is 0 Å². The maximum atomic E-state index is 10.8. The first-order chi connectivity index (χ1) is 2.00. The molecular weight excluding hydrogens is 116 g/mol. The first-order valence-electron chi connectivity index (χ1n) is 1.07. The molecule has 0 fully saturated rings. The molecule has 6 heavy (non-hydrogen) atoms. The van der Waals surface area contributed by atoms with Gasteiger partial charge in [0.15, 0.2) is 0 Å². The third kappa shape index (κ3) is 6050. The van der Waals surface area contributed by atoms with Gasteiger partial charge < -0.3 is 0 Å². The summed E-state index contributed by atoms with van der Waals surface area (Å²) in [7, 11) is 0. The summed E-state index contributed by atoms with van der Waals surface area (Å²) >= 11 is 4.20. The van der Waals surface area contributed by atoms with E-state index in [2.05, 4.69) is 11.6 Å². The molecule has 0 unspecified atom stereocenters. The van der Waals surface area contributed by atoms with Crippen LogP contribution in [-0.4, -0.2) is 5.38 Å². The molecule has 0 aromatic rings. The maximum absolute atomic E-state index is 10.8. The van der Waals surface area contributed by atoms with E-state index >= 15 is 0 Å². The molecule has 0 saturated heterocycles. The standard InChI is InChI=1S/C2H3ClF2.FH/c1-2(3,4)5;/h1H3;1H. The molecule has 0 spiro atoms. The lowest BCUT2D eigenvalue weighted by molar-refractivity contribution is 0.119. The third-order valence-corrected chi connectivity index (χ3v) is 0. The van der Waals surface area contributed by atoms with E-state index < -0.39 is 5.38 Å². The Morgan fingerprint density at radius 1 is 1.50 bits per heavy atom. The second-order valence-corrected chi connectivity index (χ2v) is 1.44. The fourth-order valence-corrected chi connectivity index (χ4v) is 0. The van der Waals surface area contributed by atoms with Crippen LogP contribution in [0, 0.1) is 0 Å². The molecule has 0 saturated carbocycles. The highest BCUT2D eigenvalue weighted by Gasteiger charge is 2.12. The summed E-state index contributed by atoms with van der Waals surface area (Å²) in [5.41, 5.74) is 0. The topological polar surface area (TPSA) is 0 Å². The van der Waals surface area contributed by atoms with Crippen molar-refractivity contribution < 1.29 is 13.5 Å². The Morgan fingerprint density at radius 3 is 1.50 bits per heavy atom. The summed E-state index contributed by atoms with van der Waals surface area (Å²) in [4.78, 5) is 0. The minimum Gasteiger partial charge on any atom is -0.269 e. The van der Waals surface area contributed by atoms with Crippen LogP contribution in [0.5, 0.6) is 0 Å². The van der Waals surface area contributed by atoms with Crippen LogP contribution in [0.3, 0.4) is 0 Å². The minimum absolute atomic E-state index is 0. The molecule has 40 valence electrons. The summed E-state index contributed by atoms with van der Waals surface area (Å²) in [5.74, 6) is 0. The third-order valence-electron chi connectivity index (χ3n) is 0. The van der Waals surface area contributed by atoms with E-state index in [1.807, 2.05) is 0 Å². The molecule has 0 atom stereocenters. The summed E-state index contributed by atoms with van der Waals surface area (Å²) in [6, 6.07) is 0. The van der Waals surface area contributed by atoms with Crippen molar-refractivity contribution in [1.82, 2.24) is 0 Å². The van der Waals surface area contributed by atoms with Gasteiger partial charge in [-0.15, -0.1) is 0 Å². The number of halogens is 4. The van der Waals surface area contributed by atoms with Crippen molar-refractivity contribution in [2.24, 2.45) is 0 Å². The summed E-state index contributed by atoms with van der Waals surface area (Å²) in [6.07, 6.45) is 0. The van der Waals surface area contributed by atoms with Crippen LogP contribution >= 0.6 is 11.6 Å². The van der Waals surface area contributed by atoms with E-state index in [9.17, 15) is 8.78 Å². The summed E-state index contributed by atoms with van der Waals surface area (Å²) in [5, 5.41) is -3.03. The fourth-order valence-electron chi connectivity index (χ4n) is 0. The quantitative estimate of drug-likeness (QED) is 0.429. The van der Waals surface area contributed by atoms with Crippen LogP contribution in [0.1, 0.15) is 6.92 Å². The molecule has 0 amide bonds. The van der Waals surface area contributed by atoms with Crippen LogP contribution in [-0.2, 0) is 0 Å². The van der Waals surface area contributed by atoms with E-state index in [0.717, 1.165) is 0 Å². The van der Waals surface area contributed by atoms with Gasteiger partial charge >= 0.3 is 5.38 Å². The van der Waals surface area contributed by atoms with Crippen molar-refractivity contribution in [2.75, 3.05) is 0 Å². The van der Waals surface area contributed by atoms with Gasteiger partial charge in [-0.3, -0.25) is 4.70 Å². The predicted molar refractivity (Wildman–Crippen MR) is 19.0 cm³/mol. The maximum Gasteiger partial charge on any atom is 0.318 e. The van der Waals surface area contributed by atoms with E-state index in [0.29, 0.717) is 6.92 Å². The minimum atomic E-state index is -3.03. The van der Waals surface area contributed by atoms with Crippen LogP contribution in [0.2, 0.25) is 0 Å². The SMILES string of the molecule is CC(F)(F)Cl.F. The second kappa shape index (κ2) is 2.29. The lowest BCUT2D eigenvalue weighted by Crippen LogP contribution is -1.92. The van der Waals surface area contributed by atoms with Gasteiger partial charge in [0.25, 0.3) is 0 Å². The number of alkyl halides is 3. The average molecular weight is 121 g/mol. The largest absolute Gasteiger partial charge is 0.318 e. The van der Waals surface area contributed by atoms with Gasteiger partial charge in [-0.25, -0.2) is 0 Å². The second-order valence-electron chi connectivity index (χ2n) is 0.781. The van der Waals surface area contributed by atoms with Gasteiger partial charge in [-0.2, -0.15) is 8.78 Å². The van der Waals surface area contributed by atoms with Crippen molar-refractivity contribution in [1.29, 1.82) is 0 Å². The number of rotatable bonds is 0. The Morgan fingerprint density at radius 2 is 1.50 bits per heavy atom. The molecule has 0 aliphatic carbocycles. The molecule has 0 aliphatic rings. The lowest BCUT2D eigenvalue weighted by Gasteiger charge is -1.90. The zero-order valence-corrected chi connectivity index (χ0v) is 3.80. The summed E-state index contributed by atoms with van der Waals surface area (Å²) < 4.78 is 21.6. The zero-order chi connectivity index (χ0) is 4.50. The van der Waals surface area contributed by atoms with Crippen LogP contribution in [0.25, 0.3) is 0 Å². The van der Waals surface area contributed by atoms with Crippen LogP contribution in [0.15, 0.2) is 0 Å². The summed E-state index contributed by atoms with van der Waals surface area (Å²) in [6.45, 7) is 0.620. The Bertz CT molecular complexity index is 24.3. The van der Waals surface area contributed by atoms with Crippen molar-refractivity contribution in [3.8, 4) is 0 Å². The molecule has 0 nitrogen and oxygen atoms in total. The Labute approximate surface area is 38.5 Å². The van der Waals surface area contributed by atoms with Crippen molar-refractivity contribution >= 4 is 11.6 Å². The van der Waals surface area contributed by atoms with E-state index in [1.54, 1.807) is 0 Å². The van der Waals surface area contributed by atoms with Crippen molar-refractivity contribution in [3.63, 3.8) is 0 Å². The Hall–Kier alpha value is 0.0800.